The third-order valence-electron chi connectivity index (χ3n) is 4.60. The van der Waals surface area contributed by atoms with Crippen molar-refractivity contribution in [3.8, 4) is 22.7 Å². The van der Waals surface area contributed by atoms with Crippen LogP contribution in [0.5, 0.6) is 5.75 Å². The van der Waals surface area contributed by atoms with E-state index in [1.54, 1.807) is 7.11 Å². The Kier molecular flexibility index (Phi) is 5.16. The Morgan fingerprint density at radius 1 is 1.14 bits per heavy atom. The van der Waals surface area contributed by atoms with Gasteiger partial charge in [-0.2, -0.15) is 10.2 Å². The molecule has 0 aliphatic heterocycles. The summed E-state index contributed by atoms with van der Waals surface area (Å²) in [7, 11) is 1.67. The molecule has 0 bridgehead atoms. The van der Waals surface area contributed by atoms with Gasteiger partial charge in [0.1, 0.15) is 17.9 Å². The molecule has 0 unspecified atom stereocenters. The molecule has 1 atom stereocenters. The maximum Gasteiger partial charge on any atom is 0.141 e. The first-order valence-electron chi connectivity index (χ1n) is 9.11. The molecule has 0 fully saturated rings. The van der Waals surface area contributed by atoms with Gasteiger partial charge in [-0.25, -0.2) is 9.67 Å². The molecule has 2 heterocycles. The van der Waals surface area contributed by atoms with Crippen molar-refractivity contribution in [1.29, 1.82) is 0 Å². The van der Waals surface area contributed by atoms with Crippen molar-refractivity contribution in [3.05, 3.63) is 78.5 Å². The Labute approximate surface area is 163 Å². The van der Waals surface area contributed by atoms with Gasteiger partial charge in [0.05, 0.1) is 24.5 Å². The van der Waals surface area contributed by atoms with Crippen molar-refractivity contribution >= 4 is 0 Å². The SMILES string of the molecule is COc1cccc(-c2nn(-c3ccccc3)cc2CN[C@H](C)c2ncn[nH]2)c1. The van der Waals surface area contributed by atoms with Crippen LogP contribution in [0.4, 0.5) is 0 Å². The molecule has 28 heavy (non-hydrogen) atoms. The first-order chi connectivity index (χ1) is 13.7. The van der Waals surface area contributed by atoms with Gasteiger partial charge in [-0.15, -0.1) is 0 Å². The van der Waals surface area contributed by atoms with Crippen LogP contribution in [0.2, 0.25) is 0 Å². The van der Waals surface area contributed by atoms with Crippen LogP contribution in [0.25, 0.3) is 16.9 Å². The van der Waals surface area contributed by atoms with Crippen LogP contribution in [0.1, 0.15) is 24.4 Å². The normalized spacial score (nSPS) is 12.1. The van der Waals surface area contributed by atoms with E-state index in [9.17, 15) is 0 Å². The lowest BCUT2D eigenvalue weighted by Gasteiger charge is -2.11. The van der Waals surface area contributed by atoms with E-state index in [0.29, 0.717) is 6.54 Å². The summed E-state index contributed by atoms with van der Waals surface area (Å²) in [5.41, 5.74) is 4.03. The highest BCUT2D eigenvalue weighted by atomic mass is 16.5. The van der Waals surface area contributed by atoms with Crippen LogP contribution in [-0.4, -0.2) is 32.1 Å². The van der Waals surface area contributed by atoms with Crippen LogP contribution in [-0.2, 0) is 6.54 Å². The molecule has 7 nitrogen and oxygen atoms in total. The van der Waals surface area contributed by atoms with Crippen molar-refractivity contribution in [2.75, 3.05) is 7.11 Å². The van der Waals surface area contributed by atoms with Crippen molar-refractivity contribution in [2.45, 2.75) is 19.5 Å². The van der Waals surface area contributed by atoms with Gasteiger partial charge in [-0.05, 0) is 31.2 Å². The van der Waals surface area contributed by atoms with E-state index < -0.39 is 0 Å². The van der Waals surface area contributed by atoms with Gasteiger partial charge >= 0.3 is 0 Å². The second-order valence-corrected chi connectivity index (χ2v) is 6.49. The monoisotopic (exact) mass is 374 g/mol. The fraction of sp³-hybridized carbons (Fsp3) is 0.190. The topological polar surface area (TPSA) is 80.7 Å². The zero-order valence-corrected chi connectivity index (χ0v) is 15.8. The number of aromatic amines is 1. The molecule has 7 heteroatoms. The number of hydrogen-bond acceptors (Lipinski definition) is 5. The first kappa shape index (κ1) is 17.9. The summed E-state index contributed by atoms with van der Waals surface area (Å²) < 4.78 is 7.29. The van der Waals surface area contributed by atoms with E-state index >= 15 is 0 Å². The average molecular weight is 374 g/mol. The van der Waals surface area contributed by atoms with E-state index in [0.717, 1.165) is 34.1 Å². The molecule has 0 amide bonds. The van der Waals surface area contributed by atoms with E-state index in [2.05, 4.69) is 26.7 Å². The van der Waals surface area contributed by atoms with Crippen molar-refractivity contribution in [3.63, 3.8) is 0 Å². The predicted octanol–water partition coefficient (Wildman–Crippen LogP) is 3.52. The number of ether oxygens (including phenoxy) is 1. The lowest BCUT2D eigenvalue weighted by molar-refractivity contribution is 0.415. The smallest absolute Gasteiger partial charge is 0.141 e. The molecule has 0 saturated heterocycles. The van der Waals surface area contributed by atoms with Gasteiger partial charge < -0.3 is 10.1 Å². The minimum Gasteiger partial charge on any atom is -0.497 e. The zero-order chi connectivity index (χ0) is 19.3. The molecule has 2 aromatic carbocycles. The molecule has 2 aromatic heterocycles. The van der Waals surface area contributed by atoms with Gasteiger partial charge in [0.25, 0.3) is 0 Å². The fourth-order valence-electron chi connectivity index (χ4n) is 3.05. The summed E-state index contributed by atoms with van der Waals surface area (Å²) in [5.74, 6) is 1.61. The highest BCUT2D eigenvalue weighted by Crippen LogP contribution is 2.27. The van der Waals surface area contributed by atoms with Crippen LogP contribution >= 0.6 is 0 Å². The predicted molar refractivity (Wildman–Crippen MR) is 107 cm³/mol. The lowest BCUT2D eigenvalue weighted by atomic mass is 10.1. The lowest BCUT2D eigenvalue weighted by Crippen LogP contribution is -2.19. The minimum atomic E-state index is 0.0423. The molecule has 4 aromatic rings. The average Bonchev–Trinajstić information content (AvgIpc) is 3.43. The summed E-state index contributed by atoms with van der Waals surface area (Å²) in [5, 5.41) is 15.2. The molecule has 4 rings (SSSR count). The second kappa shape index (κ2) is 8.06. The molecule has 0 aliphatic rings. The number of benzene rings is 2. The van der Waals surface area contributed by atoms with E-state index in [1.165, 1.54) is 6.33 Å². The summed E-state index contributed by atoms with van der Waals surface area (Å²) in [6.07, 6.45) is 3.58. The highest BCUT2D eigenvalue weighted by Gasteiger charge is 2.15. The minimum absolute atomic E-state index is 0.0423. The quantitative estimate of drug-likeness (QED) is 0.517. The Balaban J connectivity index is 1.67. The van der Waals surface area contributed by atoms with Gasteiger partial charge in [-0.3, -0.25) is 5.10 Å². The van der Waals surface area contributed by atoms with Gasteiger partial charge in [0.15, 0.2) is 0 Å². The summed E-state index contributed by atoms with van der Waals surface area (Å²) in [6, 6.07) is 18.1. The zero-order valence-electron chi connectivity index (χ0n) is 15.8. The number of nitrogens with zero attached hydrogens (tertiary/aromatic N) is 4. The number of hydrogen-bond donors (Lipinski definition) is 2. The Morgan fingerprint density at radius 2 is 2.00 bits per heavy atom. The molecule has 0 radical (unpaired) electrons. The Hall–Kier alpha value is -3.45. The number of rotatable bonds is 7. The van der Waals surface area contributed by atoms with E-state index in [-0.39, 0.29) is 6.04 Å². The summed E-state index contributed by atoms with van der Waals surface area (Å²) in [4.78, 5) is 4.22. The van der Waals surface area contributed by atoms with Gasteiger partial charge in [-0.1, -0.05) is 30.3 Å². The number of methoxy groups -OCH3 is 1. The molecular formula is C21H22N6O. The third-order valence-corrected chi connectivity index (χ3v) is 4.60. The van der Waals surface area contributed by atoms with Crippen molar-refractivity contribution in [2.24, 2.45) is 0 Å². The van der Waals surface area contributed by atoms with E-state index in [4.69, 9.17) is 9.84 Å². The first-order valence-corrected chi connectivity index (χ1v) is 9.11. The number of nitrogens with one attached hydrogen (secondary N) is 2. The van der Waals surface area contributed by atoms with Crippen LogP contribution < -0.4 is 10.1 Å². The third kappa shape index (κ3) is 3.79. The molecule has 0 spiro atoms. The largest absolute Gasteiger partial charge is 0.497 e. The standard InChI is InChI=1S/C21H22N6O/c1-15(21-23-14-24-25-21)22-12-17-13-27(18-8-4-3-5-9-18)26-20(17)16-7-6-10-19(11-16)28-2/h3-11,13-15,22H,12H2,1-2H3,(H,23,24,25)/t15-/m1/s1. The Morgan fingerprint density at radius 3 is 2.75 bits per heavy atom. The van der Waals surface area contributed by atoms with Crippen LogP contribution in [0.15, 0.2) is 67.1 Å². The molecule has 142 valence electrons. The maximum atomic E-state index is 5.39. The van der Waals surface area contributed by atoms with Gasteiger partial charge in [0, 0.05) is 23.9 Å². The molecule has 2 N–H and O–H groups in total. The van der Waals surface area contributed by atoms with Crippen LogP contribution in [0.3, 0.4) is 0 Å². The summed E-state index contributed by atoms with van der Waals surface area (Å²) in [6.45, 7) is 2.69. The number of H-pyrrole nitrogens is 1. The summed E-state index contributed by atoms with van der Waals surface area (Å²) >= 11 is 0. The maximum absolute atomic E-state index is 5.39. The van der Waals surface area contributed by atoms with Gasteiger partial charge in [0.2, 0.25) is 0 Å². The van der Waals surface area contributed by atoms with Crippen molar-refractivity contribution in [1.82, 2.24) is 30.3 Å². The number of aromatic nitrogens is 5. The fourth-order valence-corrected chi connectivity index (χ4v) is 3.05. The van der Waals surface area contributed by atoms with E-state index in [1.807, 2.05) is 66.2 Å². The number of para-hydroxylation sites is 1. The second-order valence-electron chi connectivity index (χ2n) is 6.49. The Bertz CT molecular complexity index is 1030. The molecule has 0 aliphatic carbocycles. The van der Waals surface area contributed by atoms with Crippen LogP contribution in [0, 0.1) is 0 Å². The highest BCUT2D eigenvalue weighted by molar-refractivity contribution is 5.65. The van der Waals surface area contributed by atoms with Crippen molar-refractivity contribution < 1.29 is 4.74 Å². The molecule has 0 saturated carbocycles. The molecular weight excluding hydrogens is 352 g/mol.